The fourth-order valence-electron chi connectivity index (χ4n) is 7.34. The van der Waals surface area contributed by atoms with Gasteiger partial charge in [-0.25, -0.2) is 0 Å². The minimum Gasteiger partial charge on any atom is -0.394 e. The fraction of sp³-hybridized carbons (Fsp3) is 0.424. The molecule has 0 aromatic heterocycles. The number of benzene rings is 2. The minimum atomic E-state index is -1.34. The molecule has 4 aliphatic heterocycles. The van der Waals surface area contributed by atoms with Gasteiger partial charge in [0.25, 0.3) is 0 Å². The number of amides is 3. The van der Waals surface area contributed by atoms with Crippen molar-refractivity contribution in [2.45, 2.75) is 56.5 Å². The Morgan fingerprint density at radius 2 is 1.56 bits per heavy atom. The molecule has 2 aromatic rings. The predicted molar refractivity (Wildman–Crippen MR) is 155 cm³/mol. The molecule has 0 aliphatic carbocycles. The van der Waals surface area contributed by atoms with Crippen LogP contribution in [0.25, 0.3) is 0 Å². The Labute approximate surface area is 240 Å². The van der Waals surface area contributed by atoms with E-state index in [9.17, 15) is 19.5 Å². The number of rotatable bonds is 7. The van der Waals surface area contributed by atoms with Crippen molar-refractivity contribution in [2.24, 2.45) is 11.8 Å². The Bertz CT molecular complexity index is 1370. The molecular formula is C33H37N3O5. The molecular weight excluding hydrogens is 518 g/mol. The lowest BCUT2D eigenvalue weighted by Gasteiger charge is -2.40. The lowest BCUT2D eigenvalue weighted by Crippen LogP contribution is -2.58. The first-order valence-corrected chi connectivity index (χ1v) is 14.6. The molecule has 6 atom stereocenters. The standard InChI is InChI=1S/C33H37N3O5/c1-3-24(22-37)36-28-31(40)34(21-23-13-7-5-8-14-23)19-12-18-33(28)27(30(36)39)26-29(38)35(25-15-9-6-10-16-25)20-11-17-32(26,4-2)41-33/h5-18,24,26-28,37H,3-4,19-22H2,1-2H3/t24-,26-,27-,28?,32+,33-/m0/s1. The molecule has 0 radical (unpaired) electrons. The second-order valence-corrected chi connectivity index (χ2v) is 11.4. The van der Waals surface area contributed by atoms with E-state index in [1.54, 1.807) is 9.80 Å². The van der Waals surface area contributed by atoms with E-state index in [-0.39, 0.29) is 24.3 Å². The summed E-state index contributed by atoms with van der Waals surface area (Å²) in [5, 5.41) is 10.4. The highest BCUT2D eigenvalue weighted by Gasteiger charge is 2.75. The maximum absolute atomic E-state index is 14.6. The number of anilines is 1. The van der Waals surface area contributed by atoms with Crippen LogP contribution in [-0.4, -0.2) is 75.6 Å². The number of aliphatic hydroxyl groups excluding tert-OH is 1. The summed E-state index contributed by atoms with van der Waals surface area (Å²) in [6, 6.07) is 17.6. The van der Waals surface area contributed by atoms with Crippen LogP contribution in [-0.2, 0) is 25.7 Å². The molecule has 2 saturated heterocycles. The van der Waals surface area contributed by atoms with E-state index in [4.69, 9.17) is 4.74 Å². The molecule has 41 heavy (non-hydrogen) atoms. The lowest BCUT2D eigenvalue weighted by molar-refractivity contribution is -0.155. The van der Waals surface area contributed by atoms with Crippen LogP contribution in [0.15, 0.2) is 85.0 Å². The molecule has 2 aromatic carbocycles. The molecule has 8 heteroatoms. The van der Waals surface area contributed by atoms with Crippen molar-refractivity contribution in [3.05, 3.63) is 90.5 Å². The summed E-state index contributed by atoms with van der Waals surface area (Å²) in [4.78, 5) is 48.6. The van der Waals surface area contributed by atoms with Crippen molar-refractivity contribution in [1.82, 2.24) is 9.80 Å². The third-order valence-electron chi connectivity index (χ3n) is 9.32. The van der Waals surface area contributed by atoms with Crippen LogP contribution in [0.5, 0.6) is 0 Å². The van der Waals surface area contributed by atoms with Crippen LogP contribution in [0.3, 0.4) is 0 Å². The number of hydrogen-bond acceptors (Lipinski definition) is 5. The van der Waals surface area contributed by atoms with Crippen molar-refractivity contribution >= 4 is 23.4 Å². The zero-order valence-electron chi connectivity index (χ0n) is 23.6. The number of nitrogens with zero attached hydrogens (tertiary/aromatic N) is 3. The van der Waals surface area contributed by atoms with E-state index >= 15 is 0 Å². The van der Waals surface area contributed by atoms with E-state index in [1.807, 2.05) is 98.8 Å². The molecule has 4 aliphatic rings. The average molecular weight is 556 g/mol. The maximum Gasteiger partial charge on any atom is 0.249 e. The number of fused-ring (bicyclic) bond motifs is 2. The van der Waals surface area contributed by atoms with Crippen LogP contribution in [0.1, 0.15) is 32.3 Å². The van der Waals surface area contributed by atoms with Gasteiger partial charge in [-0.15, -0.1) is 0 Å². The van der Waals surface area contributed by atoms with Gasteiger partial charge in [-0.3, -0.25) is 14.4 Å². The molecule has 6 rings (SSSR count). The third kappa shape index (κ3) is 4.15. The topological polar surface area (TPSA) is 90.4 Å². The highest BCUT2D eigenvalue weighted by Crippen LogP contribution is 2.59. The summed E-state index contributed by atoms with van der Waals surface area (Å²) >= 11 is 0. The van der Waals surface area contributed by atoms with Crippen LogP contribution in [0.4, 0.5) is 5.69 Å². The van der Waals surface area contributed by atoms with Crippen molar-refractivity contribution < 1.29 is 24.2 Å². The Morgan fingerprint density at radius 1 is 0.878 bits per heavy atom. The van der Waals surface area contributed by atoms with Crippen LogP contribution < -0.4 is 4.90 Å². The Kier molecular flexibility index (Phi) is 7.08. The second kappa shape index (κ2) is 10.6. The molecule has 1 N–H and O–H groups in total. The van der Waals surface area contributed by atoms with E-state index in [2.05, 4.69) is 0 Å². The molecule has 1 unspecified atom stereocenters. The van der Waals surface area contributed by atoms with Crippen molar-refractivity contribution in [1.29, 1.82) is 0 Å². The van der Waals surface area contributed by atoms with E-state index < -0.39 is 35.1 Å². The maximum atomic E-state index is 14.6. The van der Waals surface area contributed by atoms with Gasteiger partial charge >= 0.3 is 0 Å². The molecule has 1 spiro atoms. The molecule has 4 heterocycles. The number of aliphatic hydroxyl groups is 1. The average Bonchev–Trinajstić information content (AvgIpc) is 3.30. The lowest BCUT2D eigenvalue weighted by atomic mass is 9.73. The highest BCUT2D eigenvalue weighted by molar-refractivity contribution is 6.04. The van der Waals surface area contributed by atoms with Crippen molar-refractivity contribution in [2.75, 3.05) is 24.6 Å². The van der Waals surface area contributed by atoms with Gasteiger partial charge in [-0.1, -0.05) is 86.7 Å². The number of carbonyl (C=O) groups is 3. The van der Waals surface area contributed by atoms with Crippen LogP contribution in [0.2, 0.25) is 0 Å². The van der Waals surface area contributed by atoms with Gasteiger partial charge in [0, 0.05) is 25.3 Å². The zero-order chi connectivity index (χ0) is 28.8. The Balaban J connectivity index is 1.48. The van der Waals surface area contributed by atoms with E-state index in [0.717, 1.165) is 11.3 Å². The number of carbonyl (C=O) groups excluding carboxylic acids is 3. The first-order valence-electron chi connectivity index (χ1n) is 14.6. The van der Waals surface area contributed by atoms with Crippen LogP contribution in [0, 0.1) is 11.8 Å². The largest absolute Gasteiger partial charge is 0.394 e. The number of hydrogen-bond donors (Lipinski definition) is 1. The molecule has 0 saturated carbocycles. The van der Waals surface area contributed by atoms with E-state index in [1.165, 1.54) is 4.90 Å². The smallest absolute Gasteiger partial charge is 0.249 e. The molecule has 0 bridgehead atoms. The van der Waals surface area contributed by atoms with Gasteiger partial charge in [-0.2, -0.15) is 0 Å². The number of ether oxygens (including phenoxy) is 1. The van der Waals surface area contributed by atoms with E-state index in [0.29, 0.717) is 32.5 Å². The number of para-hydroxylation sites is 1. The second-order valence-electron chi connectivity index (χ2n) is 11.4. The Hall–Kier alpha value is -3.75. The molecule has 8 nitrogen and oxygen atoms in total. The van der Waals surface area contributed by atoms with Gasteiger partial charge in [0.1, 0.15) is 11.6 Å². The van der Waals surface area contributed by atoms with Gasteiger partial charge < -0.3 is 24.5 Å². The van der Waals surface area contributed by atoms with Crippen LogP contribution >= 0.6 is 0 Å². The normalized spacial score (nSPS) is 31.5. The zero-order valence-corrected chi connectivity index (χ0v) is 23.6. The van der Waals surface area contributed by atoms with Gasteiger partial charge in [-0.05, 0) is 30.5 Å². The number of likely N-dealkylation sites (tertiary alicyclic amines) is 1. The predicted octanol–water partition coefficient (Wildman–Crippen LogP) is 3.32. The Morgan fingerprint density at radius 3 is 2.22 bits per heavy atom. The summed E-state index contributed by atoms with van der Waals surface area (Å²) in [7, 11) is 0. The first kappa shape index (κ1) is 27.4. The van der Waals surface area contributed by atoms with Crippen molar-refractivity contribution in [3.63, 3.8) is 0 Å². The molecule has 2 fully saturated rings. The quantitative estimate of drug-likeness (QED) is 0.530. The first-order chi connectivity index (χ1) is 19.9. The summed E-state index contributed by atoms with van der Waals surface area (Å²) in [6.45, 7) is 4.65. The monoisotopic (exact) mass is 555 g/mol. The third-order valence-corrected chi connectivity index (χ3v) is 9.32. The van der Waals surface area contributed by atoms with Gasteiger partial charge in [0.2, 0.25) is 17.7 Å². The van der Waals surface area contributed by atoms with Gasteiger partial charge in [0.15, 0.2) is 0 Å². The summed E-state index contributed by atoms with van der Waals surface area (Å²) in [5.74, 6) is -2.48. The summed E-state index contributed by atoms with van der Waals surface area (Å²) in [5.41, 5.74) is -0.670. The minimum absolute atomic E-state index is 0.192. The summed E-state index contributed by atoms with van der Waals surface area (Å²) in [6.07, 6.45) is 8.58. The summed E-state index contributed by atoms with van der Waals surface area (Å²) < 4.78 is 7.03. The fourth-order valence-corrected chi connectivity index (χ4v) is 7.34. The van der Waals surface area contributed by atoms with Gasteiger partial charge in [0.05, 0.1) is 30.1 Å². The molecule has 214 valence electrons. The SMILES string of the molecule is CC[C@@H](CO)N1C(=O)[C@@H]2[C@H]3C(=O)N(c4ccccc4)CC=C[C@@]3(CC)O[C@@]23C=CCN(Cc2ccccc2)C(=O)C13. The highest BCUT2D eigenvalue weighted by atomic mass is 16.5. The van der Waals surface area contributed by atoms with Crippen molar-refractivity contribution in [3.8, 4) is 0 Å². The molecule has 3 amide bonds.